The fourth-order valence-corrected chi connectivity index (χ4v) is 4.04. The van der Waals surface area contributed by atoms with Crippen LogP contribution in [0, 0.1) is 12.3 Å². The summed E-state index contributed by atoms with van der Waals surface area (Å²) in [5, 5.41) is 0. The van der Waals surface area contributed by atoms with Crippen LogP contribution in [-0.2, 0) is 0 Å². The molecule has 0 saturated heterocycles. The van der Waals surface area contributed by atoms with Gasteiger partial charge in [-0.3, -0.25) is 0 Å². The van der Waals surface area contributed by atoms with Gasteiger partial charge in [0, 0.05) is 18.0 Å². The monoisotopic (exact) mass is 259 g/mol. The molecule has 0 bridgehead atoms. The first-order chi connectivity index (χ1) is 8.89. The Labute approximate surface area is 116 Å². The fourth-order valence-electron chi connectivity index (χ4n) is 4.04. The SMILES string of the molecule is Cc1ccc2c(c1)[C@@H](N)CC1(CCCC(C)(C)C1)O2. The fraction of sp³-hybridized carbons (Fsp3) is 0.647. The van der Waals surface area contributed by atoms with E-state index < -0.39 is 0 Å². The van der Waals surface area contributed by atoms with E-state index >= 15 is 0 Å². The molecule has 1 fully saturated rings. The van der Waals surface area contributed by atoms with E-state index in [1.54, 1.807) is 0 Å². The Kier molecular flexibility index (Phi) is 2.90. The summed E-state index contributed by atoms with van der Waals surface area (Å²) in [6, 6.07) is 6.53. The Balaban J connectivity index is 1.94. The molecule has 1 aromatic rings. The number of rotatable bonds is 0. The maximum atomic E-state index is 6.44. The Morgan fingerprint density at radius 3 is 2.79 bits per heavy atom. The van der Waals surface area contributed by atoms with E-state index in [1.807, 2.05) is 0 Å². The summed E-state index contributed by atoms with van der Waals surface area (Å²) in [6.45, 7) is 6.82. The third-order valence-electron chi connectivity index (χ3n) is 4.77. The quantitative estimate of drug-likeness (QED) is 0.760. The molecule has 1 heterocycles. The second-order valence-corrected chi connectivity index (χ2v) is 7.33. The maximum Gasteiger partial charge on any atom is 0.124 e. The largest absolute Gasteiger partial charge is 0.487 e. The van der Waals surface area contributed by atoms with Crippen LogP contribution in [0.15, 0.2) is 18.2 Å². The van der Waals surface area contributed by atoms with Crippen molar-refractivity contribution in [3.8, 4) is 5.75 Å². The Bertz CT molecular complexity index is 494. The van der Waals surface area contributed by atoms with E-state index in [9.17, 15) is 0 Å². The van der Waals surface area contributed by atoms with Gasteiger partial charge in [-0.25, -0.2) is 0 Å². The normalized spacial score (nSPS) is 32.7. The number of hydrogen-bond acceptors (Lipinski definition) is 2. The van der Waals surface area contributed by atoms with Crippen molar-refractivity contribution in [3.05, 3.63) is 29.3 Å². The van der Waals surface area contributed by atoms with Gasteiger partial charge >= 0.3 is 0 Å². The van der Waals surface area contributed by atoms with E-state index in [-0.39, 0.29) is 11.6 Å². The summed E-state index contributed by atoms with van der Waals surface area (Å²) in [4.78, 5) is 0. The number of fused-ring (bicyclic) bond motifs is 1. The lowest BCUT2D eigenvalue weighted by molar-refractivity contribution is -0.0385. The first-order valence-corrected chi connectivity index (χ1v) is 7.44. The van der Waals surface area contributed by atoms with Gasteiger partial charge in [0.25, 0.3) is 0 Å². The zero-order valence-electron chi connectivity index (χ0n) is 12.3. The van der Waals surface area contributed by atoms with Crippen LogP contribution in [-0.4, -0.2) is 5.60 Å². The van der Waals surface area contributed by atoms with Crippen molar-refractivity contribution in [2.45, 2.75) is 64.5 Å². The summed E-state index contributed by atoms with van der Waals surface area (Å²) in [5.41, 5.74) is 9.23. The molecule has 0 radical (unpaired) electrons. The summed E-state index contributed by atoms with van der Waals surface area (Å²) in [5.74, 6) is 1.02. The Morgan fingerprint density at radius 2 is 2.05 bits per heavy atom. The van der Waals surface area contributed by atoms with Crippen molar-refractivity contribution in [2.24, 2.45) is 11.1 Å². The van der Waals surface area contributed by atoms with Gasteiger partial charge in [0.15, 0.2) is 0 Å². The first-order valence-electron chi connectivity index (χ1n) is 7.44. The highest BCUT2D eigenvalue weighted by Crippen LogP contribution is 2.50. The van der Waals surface area contributed by atoms with E-state index in [1.165, 1.54) is 24.0 Å². The molecule has 0 aromatic heterocycles. The van der Waals surface area contributed by atoms with Crippen molar-refractivity contribution in [2.75, 3.05) is 0 Å². The van der Waals surface area contributed by atoms with Gasteiger partial charge in [0.1, 0.15) is 11.4 Å². The minimum atomic E-state index is -0.0244. The molecule has 1 saturated carbocycles. The molecule has 1 aromatic carbocycles. The molecule has 1 spiro atoms. The van der Waals surface area contributed by atoms with E-state index in [0.717, 1.165) is 25.0 Å². The van der Waals surface area contributed by atoms with E-state index in [0.29, 0.717) is 5.41 Å². The summed E-state index contributed by atoms with van der Waals surface area (Å²) < 4.78 is 6.44. The van der Waals surface area contributed by atoms with Crippen LogP contribution >= 0.6 is 0 Å². The van der Waals surface area contributed by atoms with Crippen molar-refractivity contribution in [3.63, 3.8) is 0 Å². The third-order valence-corrected chi connectivity index (χ3v) is 4.77. The predicted octanol–water partition coefficient (Wildman–Crippen LogP) is 4.12. The Hall–Kier alpha value is -1.02. The number of aryl methyl sites for hydroxylation is 1. The van der Waals surface area contributed by atoms with Crippen LogP contribution in [0.3, 0.4) is 0 Å². The maximum absolute atomic E-state index is 6.44. The molecule has 2 nitrogen and oxygen atoms in total. The van der Waals surface area contributed by atoms with Crippen molar-refractivity contribution >= 4 is 0 Å². The minimum Gasteiger partial charge on any atom is -0.487 e. The summed E-state index contributed by atoms with van der Waals surface area (Å²) in [7, 11) is 0. The van der Waals surface area contributed by atoms with Gasteiger partial charge in [-0.2, -0.15) is 0 Å². The summed E-state index contributed by atoms with van der Waals surface area (Å²) >= 11 is 0. The standard InChI is InChI=1S/C17H25NO/c1-12-5-6-15-13(9-12)14(18)10-17(19-15)8-4-7-16(2,3)11-17/h5-6,9,14H,4,7-8,10-11,18H2,1-3H3/t14-,17?/m0/s1. The van der Waals surface area contributed by atoms with Crippen LogP contribution < -0.4 is 10.5 Å². The highest BCUT2D eigenvalue weighted by molar-refractivity contribution is 5.41. The molecule has 0 amide bonds. The molecule has 2 heteroatoms. The molecule has 104 valence electrons. The second-order valence-electron chi connectivity index (χ2n) is 7.33. The topological polar surface area (TPSA) is 35.2 Å². The lowest BCUT2D eigenvalue weighted by Gasteiger charge is -2.48. The average molecular weight is 259 g/mol. The molecular weight excluding hydrogens is 234 g/mol. The molecule has 1 aliphatic carbocycles. The van der Waals surface area contributed by atoms with Gasteiger partial charge < -0.3 is 10.5 Å². The van der Waals surface area contributed by atoms with Crippen LogP contribution in [0.25, 0.3) is 0 Å². The molecule has 2 atom stereocenters. The molecule has 2 N–H and O–H groups in total. The van der Waals surface area contributed by atoms with Crippen molar-refractivity contribution in [1.82, 2.24) is 0 Å². The smallest absolute Gasteiger partial charge is 0.124 e. The third kappa shape index (κ3) is 2.38. The zero-order valence-corrected chi connectivity index (χ0v) is 12.3. The van der Waals surface area contributed by atoms with Crippen LogP contribution in [0.1, 0.15) is 63.1 Å². The molecule has 1 unspecified atom stereocenters. The average Bonchev–Trinajstić information content (AvgIpc) is 2.29. The van der Waals surface area contributed by atoms with Crippen LogP contribution in [0.4, 0.5) is 0 Å². The number of hydrogen-bond donors (Lipinski definition) is 1. The number of nitrogens with two attached hydrogens (primary N) is 1. The van der Waals surface area contributed by atoms with Gasteiger partial charge in [0.2, 0.25) is 0 Å². The van der Waals surface area contributed by atoms with Crippen LogP contribution in [0.2, 0.25) is 0 Å². The lowest BCUT2D eigenvalue weighted by atomic mass is 9.66. The van der Waals surface area contributed by atoms with Gasteiger partial charge in [0.05, 0.1) is 0 Å². The summed E-state index contributed by atoms with van der Waals surface area (Å²) in [6.07, 6.45) is 5.79. The molecular formula is C17H25NO. The minimum absolute atomic E-state index is 0.0244. The lowest BCUT2D eigenvalue weighted by Crippen LogP contribution is -2.48. The van der Waals surface area contributed by atoms with E-state index in [2.05, 4.69) is 39.0 Å². The molecule has 2 aliphatic rings. The number of ether oxygens (including phenoxy) is 1. The molecule has 19 heavy (non-hydrogen) atoms. The first kappa shape index (κ1) is 13.0. The Morgan fingerprint density at radius 1 is 1.26 bits per heavy atom. The van der Waals surface area contributed by atoms with Crippen molar-refractivity contribution in [1.29, 1.82) is 0 Å². The highest BCUT2D eigenvalue weighted by Gasteiger charge is 2.45. The van der Waals surface area contributed by atoms with Crippen LogP contribution in [0.5, 0.6) is 5.75 Å². The molecule has 3 rings (SSSR count). The van der Waals surface area contributed by atoms with Gasteiger partial charge in [-0.15, -0.1) is 0 Å². The molecule has 1 aliphatic heterocycles. The number of benzene rings is 1. The highest BCUT2D eigenvalue weighted by atomic mass is 16.5. The van der Waals surface area contributed by atoms with Gasteiger partial charge in [-0.05, 0) is 44.1 Å². The van der Waals surface area contributed by atoms with E-state index in [4.69, 9.17) is 10.5 Å². The van der Waals surface area contributed by atoms with Gasteiger partial charge in [-0.1, -0.05) is 31.5 Å². The predicted molar refractivity (Wildman–Crippen MR) is 78.3 cm³/mol. The second kappa shape index (κ2) is 4.24. The zero-order chi connectivity index (χ0) is 13.7. The van der Waals surface area contributed by atoms with Crippen molar-refractivity contribution < 1.29 is 4.74 Å².